The highest BCUT2D eigenvalue weighted by Crippen LogP contribution is 2.33. The van der Waals surface area contributed by atoms with E-state index in [2.05, 4.69) is 36.7 Å². The lowest BCUT2D eigenvalue weighted by molar-refractivity contribution is -0.153. The van der Waals surface area contributed by atoms with E-state index in [4.69, 9.17) is 10.5 Å². The molecule has 1 saturated carbocycles. The predicted molar refractivity (Wildman–Crippen MR) is 181 cm³/mol. The molecule has 1 aliphatic heterocycles. The molecule has 0 radical (unpaired) electrons. The maximum atomic E-state index is 14.2. The monoisotopic (exact) mass is 669 g/mol. The summed E-state index contributed by atoms with van der Waals surface area (Å²) in [5.74, 6) is -2.76. The fourth-order valence-corrected chi connectivity index (χ4v) is 6.38. The van der Waals surface area contributed by atoms with Crippen LogP contribution in [0, 0.1) is 23.7 Å². The molecule has 2 fully saturated rings. The second kappa shape index (κ2) is 16.9. The van der Waals surface area contributed by atoms with E-state index in [1.54, 1.807) is 20.8 Å². The minimum atomic E-state index is -1.11. The Bertz CT molecular complexity index is 1310. The summed E-state index contributed by atoms with van der Waals surface area (Å²) >= 11 is 0. The summed E-state index contributed by atoms with van der Waals surface area (Å²) in [7, 11) is 0. The summed E-state index contributed by atoms with van der Waals surface area (Å²) in [6.45, 7) is 13.5. The van der Waals surface area contributed by atoms with Crippen molar-refractivity contribution in [2.45, 2.75) is 117 Å². The van der Waals surface area contributed by atoms with Gasteiger partial charge in [0.2, 0.25) is 17.6 Å². The fraction of sp³-hybridized carbons (Fsp3) is 0.667. The van der Waals surface area contributed by atoms with E-state index in [9.17, 15) is 28.8 Å². The van der Waals surface area contributed by atoms with Crippen molar-refractivity contribution >= 4 is 35.5 Å². The second-order valence-electron chi connectivity index (χ2n) is 15.2. The highest BCUT2D eigenvalue weighted by Gasteiger charge is 2.45. The lowest BCUT2D eigenvalue weighted by Crippen LogP contribution is -2.59. The van der Waals surface area contributed by atoms with E-state index in [1.807, 2.05) is 31.2 Å². The smallest absolute Gasteiger partial charge is 0.325 e. The third kappa shape index (κ3) is 11.3. The second-order valence-corrected chi connectivity index (χ2v) is 15.2. The number of primary amides is 1. The Morgan fingerprint density at radius 3 is 2.06 bits per heavy atom. The van der Waals surface area contributed by atoms with Gasteiger partial charge in [0.05, 0.1) is 6.04 Å². The molecule has 0 bridgehead atoms. The highest BCUT2D eigenvalue weighted by atomic mass is 16.6. The molecule has 1 aromatic rings. The Balaban J connectivity index is 0.00000148. The van der Waals surface area contributed by atoms with E-state index in [1.165, 1.54) is 4.90 Å². The van der Waals surface area contributed by atoms with Gasteiger partial charge in [-0.15, -0.1) is 0 Å². The van der Waals surface area contributed by atoms with E-state index >= 15 is 0 Å². The number of nitrogens with two attached hydrogens (primary N) is 1. The van der Waals surface area contributed by atoms with Gasteiger partial charge in [-0.25, -0.2) is 4.79 Å². The van der Waals surface area contributed by atoms with Gasteiger partial charge in [0.25, 0.3) is 5.91 Å². The normalized spacial score (nSPS) is 20.4. The number of esters is 1. The molecule has 1 saturated heterocycles. The van der Waals surface area contributed by atoms with Crippen molar-refractivity contribution in [2.75, 3.05) is 13.1 Å². The summed E-state index contributed by atoms with van der Waals surface area (Å²) in [5, 5.41) is 8.00. The van der Waals surface area contributed by atoms with Crippen LogP contribution in [0.5, 0.6) is 0 Å². The van der Waals surface area contributed by atoms with E-state index in [0.29, 0.717) is 25.7 Å². The molecule has 2 aliphatic carbocycles. The SMILES string of the molecule is CC(C)C.C[C@@H]1C[C@@H](C(=O)NC(CC2CCC2)C(=O)C(N)=O)N(C(=O)C(NC(=O)NCC(=O)OC(C)(C)C)C2Cc3ccccc3C2)C1. The third-order valence-corrected chi connectivity index (χ3v) is 8.69. The van der Waals surface area contributed by atoms with Crippen molar-refractivity contribution in [3.63, 3.8) is 0 Å². The van der Waals surface area contributed by atoms with Crippen LogP contribution >= 0.6 is 0 Å². The van der Waals surface area contributed by atoms with Gasteiger partial charge in [-0.1, -0.05) is 71.2 Å². The number of likely N-dealkylation sites (tertiary alicyclic amines) is 1. The van der Waals surface area contributed by atoms with Crippen LogP contribution in [0.4, 0.5) is 4.79 Å². The fourth-order valence-electron chi connectivity index (χ4n) is 6.38. The van der Waals surface area contributed by atoms with Gasteiger partial charge < -0.3 is 31.3 Å². The van der Waals surface area contributed by atoms with Crippen LogP contribution in [0.3, 0.4) is 0 Å². The number of amides is 5. The molecule has 5 amide bonds. The number of carbonyl (C=O) groups is 6. The Morgan fingerprint density at radius 1 is 0.979 bits per heavy atom. The molecule has 1 aromatic carbocycles. The minimum Gasteiger partial charge on any atom is -0.459 e. The molecule has 3 aliphatic rings. The number of hydrogen-bond donors (Lipinski definition) is 4. The van der Waals surface area contributed by atoms with Crippen molar-refractivity contribution in [2.24, 2.45) is 29.4 Å². The molecule has 0 aromatic heterocycles. The first-order valence-electron chi connectivity index (χ1n) is 17.2. The lowest BCUT2D eigenvalue weighted by atomic mass is 9.80. The van der Waals surface area contributed by atoms with Gasteiger partial charge in [0, 0.05) is 6.54 Å². The molecule has 266 valence electrons. The number of nitrogens with zero attached hydrogens (tertiary/aromatic N) is 1. The zero-order chi connectivity index (χ0) is 35.8. The van der Waals surface area contributed by atoms with Crippen molar-refractivity contribution in [3.05, 3.63) is 35.4 Å². The van der Waals surface area contributed by atoms with Crippen molar-refractivity contribution in [3.8, 4) is 0 Å². The van der Waals surface area contributed by atoms with Gasteiger partial charge in [-0.05, 0) is 81.3 Å². The maximum Gasteiger partial charge on any atom is 0.325 e. The number of nitrogens with one attached hydrogen (secondary N) is 3. The van der Waals surface area contributed by atoms with Gasteiger partial charge >= 0.3 is 12.0 Å². The molecule has 4 atom stereocenters. The third-order valence-electron chi connectivity index (χ3n) is 8.69. The number of Topliss-reactive ketones (excluding diaryl/α,β-unsaturated/α-hetero) is 1. The van der Waals surface area contributed by atoms with Crippen molar-refractivity contribution < 1.29 is 33.5 Å². The van der Waals surface area contributed by atoms with E-state index < -0.39 is 59.2 Å². The largest absolute Gasteiger partial charge is 0.459 e. The number of carbonyl (C=O) groups excluding carboxylic acids is 6. The zero-order valence-corrected chi connectivity index (χ0v) is 29.6. The summed E-state index contributed by atoms with van der Waals surface area (Å²) in [4.78, 5) is 78.8. The topological polar surface area (TPSA) is 177 Å². The average molecular weight is 670 g/mol. The first-order valence-corrected chi connectivity index (χ1v) is 17.2. The van der Waals surface area contributed by atoms with Crippen LogP contribution in [0.1, 0.15) is 91.7 Å². The Morgan fingerprint density at radius 2 is 1.56 bits per heavy atom. The van der Waals surface area contributed by atoms with Crippen LogP contribution in [0.25, 0.3) is 0 Å². The van der Waals surface area contributed by atoms with Gasteiger partial charge in [0.1, 0.15) is 24.2 Å². The molecule has 12 heteroatoms. The van der Waals surface area contributed by atoms with E-state index in [0.717, 1.165) is 36.3 Å². The number of urea groups is 1. The number of hydrogen-bond acceptors (Lipinski definition) is 7. The van der Waals surface area contributed by atoms with Crippen LogP contribution < -0.4 is 21.7 Å². The standard InChI is InChI=1S/C32H45N5O7.C4H10/c1-18-12-24(29(41)35-23(27(39)28(33)40)13-19-8-7-9-19)37(17-18)30(42)26(22-14-20-10-5-6-11-21(20)15-22)36-31(43)34-16-25(38)44-32(2,3)4;1-4(2)3/h5-6,10-11,18-19,22-24,26H,7-9,12-17H2,1-4H3,(H2,33,40)(H,35,41)(H2,34,36,43);4H,1-3H3/t18-,23?,24+,26?;/m1./s1. The summed E-state index contributed by atoms with van der Waals surface area (Å²) in [5.41, 5.74) is 6.73. The Hall–Kier alpha value is -3.96. The molecule has 12 nitrogen and oxygen atoms in total. The molecule has 0 spiro atoms. The molecule has 4 rings (SSSR count). The molecule has 2 unspecified atom stereocenters. The van der Waals surface area contributed by atoms with Crippen LogP contribution in [-0.2, 0) is 41.6 Å². The maximum absolute atomic E-state index is 14.2. The Labute approximate surface area is 284 Å². The number of rotatable bonds is 11. The van der Waals surface area contributed by atoms with Gasteiger partial charge in [-0.2, -0.15) is 0 Å². The summed E-state index contributed by atoms with van der Waals surface area (Å²) in [6, 6.07) is 4.21. The van der Waals surface area contributed by atoms with Crippen LogP contribution in [-0.4, -0.2) is 77.2 Å². The quantitative estimate of drug-likeness (QED) is 0.207. The summed E-state index contributed by atoms with van der Waals surface area (Å²) in [6.07, 6.45) is 4.65. The predicted octanol–water partition coefficient (Wildman–Crippen LogP) is 3.04. The molecule has 1 heterocycles. The number of ether oxygens (including phenoxy) is 1. The van der Waals surface area contributed by atoms with Crippen LogP contribution in [0.2, 0.25) is 0 Å². The minimum absolute atomic E-state index is 0.0194. The molecular weight excluding hydrogens is 614 g/mol. The van der Waals surface area contributed by atoms with E-state index in [-0.39, 0.29) is 30.8 Å². The number of fused-ring (bicyclic) bond motifs is 1. The summed E-state index contributed by atoms with van der Waals surface area (Å²) < 4.78 is 5.26. The number of benzene rings is 1. The van der Waals surface area contributed by atoms with Crippen molar-refractivity contribution in [1.29, 1.82) is 0 Å². The van der Waals surface area contributed by atoms with Gasteiger partial charge in [-0.3, -0.25) is 24.0 Å². The zero-order valence-electron chi connectivity index (χ0n) is 29.6. The molecular formula is C36H55N5O7. The average Bonchev–Trinajstić information content (AvgIpc) is 3.57. The first kappa shape index (κ1) is 38.5. The van der Waals surface area contributed by atoms with Gasteiger partial charge in [0.15, 0.2) is 0 Å². The Kier molecular flexibility index (Phi) is 13.6. The molecule has 48 heavy (non-hydrogen) atoms. The van der Waals surface area contributed by atoms with Crippen LogP contribution in [0.15, 0.2) is 24.3 Å². The number of ketones is 1. The molecule has 5 N–H and O–H groups in total. The van der Waals surface area contributed by atoms with Crippen molar-refractivity contribution in [1.82, 2.24) is 20.9 Å². The lowest BCUT2D eigenvalue weighted by Gasteiger charge is -2.33. The highest BCUT2D eigenvalue weighted by molar-refractivity contribution is 6.37. The first-order chi connectivity index (χ1) is 22.4.